The maximum absolute atomic E-state index is 13.6. The summed E-state index contributed by atoms with van der Waals surface area (Å²) in [5.74, 6) is -3.58. The summed E-state index contributed by atoms with van der Waals surface area (Å²) in [7, 11) is 0. The van der Waals surface area contributed by atoms with Crippen molar-refractivity contribution in [3.63, 3.8) is 0 Å². The number of aliphatic carboxylic acids is 1. The molecule has 13 heteroatoms. The number of carboxylic acid groups (broad SMARTS) is 1. The molecule has 0 aromatic heterocycles. The molecule has 1 saturated heterocycles. The summed E-state index contributed by atoms with van der Waals surface area (Å²) in [6, 6.07) is 1.10. The van der Waals surface area contributed by atoms with Gasteiger partial charge in [-0.1, -0.05) is 46.2 Å². The van der Waals surface area contributed by atoms with Crippen LogP contribution in [0.4, 0.5) is 0 Å². The molecule has 6 atom stereocenters. The lowest BCUT2D eigenvalue weighted by Crippen LogP contribution is -2.59. The van der Waals surface area contributed by atoms with Gasteiger partial charge in [0, 0.05) is 18.7 Å². The van der Waals surface area contributed by atoms with Crippen LogP contribution in [0, 0.1) is 11.8 Å². The Bertz CT molecular complexity index is 1100. The first-order valence-electron chi connectivity index (χ1n) is 14.4. The topological polar surface area (TPSA) is 191 Å². The van der Waals surface area contributed by atoms with Crippen LogP contribution in [-0.2, 0) is 30.4 Å². The van der Waals surface area contributed by atoms with E-state index in [1.807, 2.05) is 20.8 Å². The molecule has 1 fully saturated rings. The third-order valence-electron chi connectivity index (χ3n) is 7.48. The highest BCUT2D eigenvalue weighted by molar-refractivity contribution is 7.80. The lowest BCUT2D eigenvalue weighted by Gasteiger charge is -2.29. The van der Waals surface area contributed by atoms with Gasteiger partial charge in [0.1, 0.15) is 29.9 Å². The van der Waals surface area contributed by atoms with Gasteiger partial charge in [0.2, 0.25) is 23.6 Å². The summed E-state index contributed by atoms with van der Waals surface area (Å²) < 4.78 is 0. The average molecular weight is 608 g/mol. The monoisotopic (exact) mass is 607 g/mol. The molecule has 7 N–H and O–H groups in total. The molecule has 42 heavy (non-hydrogen) atoms. The number of nitrogens with zero attached hydrogens (tertiary/aromatic N) is 1. The number of carboxylic acids is 1. The van der Waals surface area contributed by atoms with Crippen LogP contribution in [0.15, 0.2) is 24.3 Å². The summed E-state index contributed by atoms with van der Waals surface area (Å²) in [6.07, 6.45) is 1.81. The van der Waals surface area contributed by atoms with Crippen LogP contribution >= 0.6 is 12.6 Å². The molecule has 1 heterocycles. The van der Waals surface area contributed by atoms with Crippen molar-refractivity contribution in [2.24, 2.45) is 17.6 Å². The SMILES string of the molecule is CC[C@H](C)[C@H](NC(=O)[C@H](Cc1ccc(O)cc1)NC(=O)[C@H](CC(C)C)NC(=O)[C@@H]1CCCN1C(=O)[C@@H](N)CS)C(=O)O. The summed E-state index contributed by atoms with van der Waals surface area (Å²) >= 11 is 4.08. The van der Waals surface area contributed by atoms with Crippen LogP contribution in [0.2, 0.25) is 0 Å². The highest BCUT2D eigenvalue weighted by Gasteiger charge is 2.38. The Morgan fingerprint density at radius 2 is 1.64 bits per heavy atom. The molecule has 4 amide bonds. The van der Waals surface area contributed by atoms with Crippen LogP contribution in [0.25, 0.3) is 0 Å². The Kier molecular flexibility index (Phi) is 13.6. The number of likely N-dealkylation sites (tertiary alicyclic amines) is 1. The number of phenols is 1. The molecule has 1 aromatic rings. The van der Waals surface area contributed by atoms with E-state index in [1.54, 1.807) is 19.1 Å². The van der Waals surface area contributed by atoms with E-state index in [2.05, 4.69) is 28.6 Å². The fourth-order valence-corrected chi connectivity index (χ4v) is 5.01. The number of amides is 4. The smallest absolute Gasteiger partial charge is 0.326 e. The largest absolute Gasteiger partial charge is 0.508 e. The van der Waals surface area contributed by atoms with Crippen LogP contribution < -0.4 is 21.7 Å². The van der Waals surface area contributed by atoms with E-state index >= 15 is 0 Å². The summed E-state index contributed by atoms with van der Waals surface area (Å²) in [6.45, 7) is 7.66. The Labute approximate surface area is 252 Å². The number of hydrogen-bond donors (Lipinski definition) is 7. The Morgan fingerprint density at radius 3 is 2.19 bits per heavy atom. The molecule has 1 aliphatic rings. The molecular weight excluding hydrogens is 562 g/mol. The van der Waals surface area contributed by atoms with Crippen molar-refractivity contribution in [2.45, 2.75) is 90.0 Å². The summed E-state index contributed by atoms with van der Waals surface area (Å²) in [5.41, 5.74) is 6.48. The molecular formula is C29H45N5O7S. The number of hydrogen-bond acceptors (Lipinski definition) is 8. The number of thiol groups is 1. The minimum atomic E-state index is -1.19. The van der Waals surface area contributed by atoms with Crippen LogP contribution in [0.5, 0.6) is 5.75 Å². The molecule has 0 spiro atoms. The number of benzene rings is 1. The molecule has 0 unspecified atom stereocenters. The van der Waals surface area contributed by atoms with Crippen molar-refractivity contribution >= 4 is 42.2 Å². The number of nitrogens with one attached hydrogen (secondary N) is 3. The van der Waals surface area contributed by atoms with E-state index in [9.17, 15) is 34.2 Å². The molecule has 12 nitrogen and oxygen atoms in total. The van der Waals surface area contributed by atoms with Crippen molar-refractivity contribution < 1.29 is 34.2 Å². The van der Waals surface area contributed by atoms with Gasteiger partial charge >= 0.3 is 5.97 Å². The van der Waals surface area contributed by atoms with Crippen molar-refractivity contribution in [2.75, 3.05) is 12.3 Å². The van der Waals surface area contributed by atoms with Crippen LogP contribution in [-0.4, -0.2) is 87.2 Å². The second-order valence-electron chi connectivity index (χ2n) is 11.3. The third-order valence-corrected chi connectivity index (χ3v) is 7.87. The number of nitrogens with two attached hydrogens (primary N) is 1. The average Bonchev–Trinajstić information content (AvgIpc) is 3.44. The summed E-state index contributed by atoms with van der Waals surface area (Å²) in [4.78, 5) is 66.3. The maximum atomic E-state index is 13.6. The van der Waals surface area contributed by atoms with Gasteiger partial charge in [-0.05, 0) is 48.8 Å². The van der Waals surface area contributed by atoms with E-state index in [1.165, 1.54) is 17.0 Å². The summed E-state index contributed by atoms with van der Waals surface area (Å²) in [5, 5.41) is 27.4. The van der Waals surface area contributed by atoms with Crippen LogP contribution in [0.1, 0.15) is 58.9 Å². The predicted molar refractivity (Wildman–Crippen MR) is 161 cm³/mol. The van der Waals surface area contributed by atoms with Gasteiger partial charge in [-0.2, -0.15) is 12.6 Å². The van der Waals surface area contributed by atoms with E-state index in [4.69, 9.17) is 5.73 Å². The van der Waals surface area contributed by atoms with Crippen molar-refractivity contribution in [1.29, 1.82) is 0 Å². The van der Waals surface area contributed by atoms with Crippen molar-refractivity contribution in [3.8, 4) is 5.75 Å². The van der Waals surface area contributed by atoms with E-state index < -0.39 is 53.9 Å². The molecule has 0 bridgehead atoms. The maximum Gasteiger partial charge on any atom is 0.326 e. The first kappa shape index (κ1) is 34.9. The standard InChI is InChI=1S/C29H45N5O7S/c1-5-17(4)24(29(40)41)33-26(37)22(14-18-8-10-19(35)11-9-18)31-25(36)21(13-16(2)3)32-27(38)23-7-6-12-34(23)28(39)20(30)15-42/h8-11,16-17,20-24,35,42H,5-7,12-15,30H2,1-4H3,(H,31,36)(H,32,38)(H,33,37)(H,40,41)/t17-,20-,21-,22-,23-,24-/m0/s1. The van der Waals surface area contributed by atoms with Gasteiger partial charge in [-0.25, -0.2) is 4.79 Å². The lowest BCUT2D eigenvalue weighted by molar-refractivity contribution is -0.144. The number of rotatable bonds is 15. The zero-order valence-corrected chi connectivity index (χ0v) is 25.6. The van der Waals surface area contributed by atoms with Gasteiger partial charge in [0.25, 0.3) is 0 Å². The van der Waals surface area contributed by atoms with Gasteiger partial charge in [0.15, 0.2) is 0 Å². The van der Waals surface area contributed by atoms with Gasteiger partial charge in [0.05, 0.1) is 6.04 Å². The minimum Gasteiger partial charge on any atom is -0.508 e. The molecule has 0 radical (unpaired) electrons. The van der Waals surface area contributed by atoms with Crippen molar-refractivity contribution in [3.05, 3.63) is 29.8 Å². The second kappa shape index (κ2) is 16.4. The molecule has 234 valence electrons. The molecule has 1 aromatic carbocycles. The second-order valence-corrected chi connectivity index (χ2v) is 11.7. The normalized spacial score (nSPS) is 18.5. The zero-order valence-electron chi connectivity index (χ0n) is 24.7. The van der Waals surface area contributed by atoms with E-state index in [-0.39, 0.29) is 42.1 Å². The molecule has 0 saturated carbocycles. The first-order valence-corrected chi connectivity index (χ1v) is 15.0. The first-order chi connectivity index (χ1) is 19.8. The molecule has 1 aliphatic heterocycles. The Balaban J connectivity index is 2.28. The quantitative estimate of drug-likeness (QED) is 0.143. The fourth-order valence-electron chi connectivity index (χ4n) is 4.85. The zero-order chi connectivity index (χ0) is 31.6. The van der Waals surface area contributed by atoms with Gasteiger partial charge in [-0.3, -0.25) is 19.2 Å². The van der Waals surface area contributed by atoms with E-state index in [0.717, 1.165) is 0 Å². The number of carbonyl (C=O) groups excluding carboxylic acids is 4. The fraction of sp³-hybridized carbons (Fsp3) is 0.621. The van der Waals surface area contributed by atoms with Crippen molar-refractivity contribution in [1.82, 2.24) is 20.9 Å². The Hall–Kier alpha value is -3.32. The van der Waals surface area contributed by atoms with E-state index in [0.29, 0.717) is 31.4 Å². The third kappa shape index (κ3) is 9.90. The number of aromatic hydroxyl groups is 1. The number of carbonyl (C=O) groups is 5. The predicted octanol–water partition coefficient (Wildman–Crippen LogP) is 0.814. The highest BCUT2D eigenvalue weighted by atomic mass is 32.1. The minimum absolute atomic E-state index is 0.00821. The molecule has 2 rings (SSSR count). The highest BCUT2D eigenvalue weighted by Crippen LogP contribution is 2.20. The van der Waals surface area contributed by atoms with Gasteiger partial charge in [-0.15, -0.1) is 0 Å². The van der Waals surface area contributed by atoms with Crippen LogP contribution in [0.3, 0.4) is 0 Å². The van der Waals surface area contributed by atoms with Gasteiger partial charge < -0.3 is 36.8 Å². The Morgan fingerprint density at radius 1 is 1.02 bits per heavy atom. The number of phenolic OH excluding ortho intramolecular Hbond substituents is 1. The molecule has 0 aliphatic carbocycles. The lowest BCUT2D eigenvalue weighted by atomic mass is 9.97.